The Hall–Kier alpha value is -1.09. The SMILES string of the molecule is CON(C)C(=O)/C=C/CC(C)CCC=C(C)C. The Bertz CT molecular complexity index is 278. The summed E-state index contributed by atoms with van der Waals surface area (Å²) in [6, 6.07) is 0. The molecule has 1 amide bonds. The summed E-state index contributed by atoms with van der Waals surface area (Å²) in [5, 5.41) is 1.21. The molecule has 0 aromatic heterocycles. The van der Waals surface area contributed by atoms with Crippen LogP contribution >= 0.6 is 0 Å². The summed E-state index contributed by atoms with van der Waals surface area (Å²) in [6.45, 7) is 6.43. The van der Waals surface area contributed by atoms with Crippen LogP contribution in [0.2, 0.25) is 0 Å². The van der Waals surface area contributed by atoms with Crippen LogP contribution in [0.15, 0.2) is 23.8 Å². The zero-order chi connectivity index (χ0) is 13.3. The van der Waals surface area contributed by atoms with Gasteiger partial charge in [-0.1, -0.05) is 24.6 Å². The van der Waals surface area contributed by atoms with E-state index >= 15 is 0 Å². The molecule has 1 atom stereocenters. The molecular formula is C14H25NO2. The maximum Gasteiger partial charge on any atom is 0.269 e. The maximum atomic E-state index is 11.4. The first-order chi connectivity index (χ1) is 7.97. The highest BCUT2D eigenvalue weighted by atomic mass is 16.7. The van der Waals surface area contributed by atoms with Crippen LogP contribution in [0, 0.1) is 5.92 Å². The average Bonchev–Trinajstić information content (AvgIpc) is 2.27. The van der Waals surface area contributed by atoms with Crippen molar-refractivity contribution >= 4 is 5.91 Å². The largest absolute Gasteiger partial charge is 0.274 e. The van der Waals surface area contributed by atoms with E-state index < -0.39 is 0 Å². The molecule has 0 aliphatic rings. The van der Waals surface area contributed by atoms with Crippen LogP contribution in [0.4, 0.5) is 0 Å². The Labute approximate surface area is 105 Å². The van der Waals surface area contributed by atoms with Crippen molar-refractivity contribution in [3.05, 3.63) is 23.8 Å². The standard InChI is InChI=1S/C14H25NO2/c1-12(2)8-6-9-13(3)10-7-11-14(16)15(4)17-5/h7-8,11,13H,6,9-10H2,1-5H3/b11-7+. The number of rotatable bonds is 7. The minimum absolute atomic E-state index is 0.121. The Morgan fingerprint density at radius 1 is 1.41 bits per heavy atom. The van der Waals surface area contributed by atoms with Crippen molar-refractivity contribution in [2.24, 2.45) is 5.92 Å². The molecule has 0 bridgehead atoms. The molecule has 0 N–H and O–H groups in total. The van der Waals surface area contributed by atoms with Gasteiger partial charge in [0.2, 0.25) is 0 Å². The van der Waals surface area contributed by atoms with Gasteiger partial charge in [-0.15, -0.1) is 0 Å². The third kappa shape index (κ3) is 8.69. The molecule has 0 spiro atoms. The number of carbonyl (C=O) groups is 1. The van der Waals surface area contributed by atoms with Gasteiger partial charge < -0.3 is 0 Å². The van der Waals surface area contributed by atoms with Crippen molar-refractivity contribution in [3.8, 4) is 0 Å². The molecular weight excluding hydrogens is 214 g/mol. The van der Waals surface area contributed by atoms with Gasteiger partial charge in [-0.05, 0) is 39.0 Å². The Kier molecular flexibility index (Phi) is 8.42. The summed E-state index contributed by atoms with van der Waals surface area (Å²) in [5.74, 6) is 0.478. The van der Waals surface area contributed by atoms with E-state index in [4.69, 9.17) is 4.84 Å². The van der Waals surface area contributed by atoms with E-state index in [9.17, 15) is 4.79 Å². The number of amides is 1. The fraction of sp³-hybridized carbons (Fsp3) is 0.643. The number of nitrogens with zero attached hydrogens (tertiary/aromatic N) is 1. The van der Waals surface area contributed by atoms with Crippen LogP contribution in [0.25, 0.3) is 0 Å². The topological polar surface area (TPSA) is 29.5 Å². The summed E-state index contributed by atoms with van der Waals surface area (Å²) in [6.07, 6.45) is 8.95. The van der Waals surface area contributed by atoms with Gasteiger partial charge in [0.15, 0.2) is 0 Å². The average molecular weight is 239 g/mol. The van der Waals surface area contributed by atoms with Crippen molar-refractivity contribution < 1.29 is 9.63 Å². The van der Waals surface area contributed by atoms with E-state index in [0.29, 0.717) is 5.92 Å². The molecule has 3 heteroatoms. The number of likely N-dealkylation sites (N-methyl/N-ethyl adjacent to an activating group) is 1. The second-order valence-electron chi connectivity index (χ2n) is 4.62. The smallest absolute Gasteiger partial charge is 0.269 e. The first-order valence-corrected chi connectivity index (χ1v) is 6.09. The van der Waals surface area contributed by atoms with Crippen molar-refractivity contribution in [3.63, 3.8) is 0 Å². The minimum Gasteiger partial charge on any atom is -0.274 e. The van der Waals surface area contributed by atoms with Crippen LogP contribution in [0.3, 0.4) is 0 Å². The fourth-order valence-electron chi connectivity index (χ4n) is 1.37. The van der Waals surface area contributed by atoms with E-state index in [-0.39, 0.29) is 5.91 Å². The van der Waals surface area contributed by atoms with E-state index in [0.717, 1.165) is 19.3 Å². The van der Waals surface area contributed by atoms with E-state index in [1.54, 1.807) is 13.1 Å². The molecule has 0 aliphatic heterocycles. The third-order valence-corrected chi connectivity index (χ3v) is 2.60. The molecule has 0 saturated carbocycles. The normalized spacial score (nSPS) is 12.5. The lowest BCUT2D eigenvalue weighted by Gasteiger charge is -2.10. The van der Waals surface area contributed by atoms with Crippen LogP contribution in [0.5, 0.6) is 0 Å². The first kappa shape index (κ1) is 15.9. The maximum absolute atomic E-state index is 11.4. The van der Waals surface area contributed by atoms with Gasteiger partial charge in [-0.3, -0.25) is 9.63 Å². The van der Waals surface area contributed by atoms with Crippen LogP contribution in [0.1, 0.15) is 40.0 Å². The summed E-state index contributed by atoms with van der Waals surface area (Å²) < 4.78 is 0. The summed E-state index contributed by atoms with van der Waals surface area (Å²) in [7, 11) is 3.08. The molecule has 0 aromatic rings. The Morgan fingerprint density at radius 3 is 2.59 bits per heavy atom. The van der Waals surface area contributed by atoms with Crippen LogP contribution in [-0.2, 0) is 9.63 Å². The highest BCUT2D eigenvalue weighted by Crippen LogP contribution is 2.12. The lowest BCUT2D eigenvalue weighted by atomic mass is 10.0. The van der Waals surface area contributed by atoms with Gasteiger partial charge in [0.1, 0.15) is 0 Å². The highest BCUT2D eigenvalue weighted by molar-refractivity contribution is 5.86. The van der Waals surface area contributed by atoms with Gasteiger partial charge in [-0.2, -0.15) is 0 Å². The van der Waals surface area contributed by atoms with Crippen molar-refractivity contribution in [2.45, 2.75) is 40.0 Å². The van der Waals surface area contributed by atoms with Crippen LogP contribution in [-0.4, -0.2) is 25.1 Å². The monoisotopic (exact) mass is 239 g/mol. The lowest BCUT2D eigenvalue weighted by Crippen LogP contribution is -2.23. The summed E-state index contributed by atoms with van der Waals surface area (Å²) >= 11 is 0. The number of hydroxylamine groups is 2. The molecule has 0 aromatic carbocycles. The molecule has 0 heterocycles. The third-order valence-electron chi connectivity index (χ3n) is 2.60. The number of carbonyl (C=O) groups excluding carboxylic acids is 1. The molecule has 17 heavy (non-hydrogen) atoms. The Morgan fingerprint density at radius 2 is 2.06 bits per heavy atom. The van der Waals surface area contributed by atoms with Crippen molar-refractivity contribution in [1.82, 2.24) is 5.06 Å². The van der Waals surface area contributed by atoms with Gasteiger partial charge in [-0.25, -0.2) is 5.06 Å². The minimum atomic E-state index is -0.121. The number of hydrogen-bond donors (Lipinski definition) is 0. The fourth-order valence-corrected chi connectivity index (χ4v) is 1.37. The lowest BCUT2D eigenvalue weighted by molar-refractivity contribution is -0.162. The molecule has 3 nitrogen and oxygen atoms in total. The van der Waals surface area contributed by atoms with E-state index in [1.807, 2.05) is 6.08 Å². The molecule has 0 aliphatic carbocycles. The highest BCUT2D eigenvalue weighted by Gasteiger charge is 2.03. The molecule has 0 rings (SSSR count). The van der Waals surface area contributed by atoms with Gasteiger partial charge in [0.05, 0.1) is 7.11 Å². The van der Waals surface area contributed by atoms with Crippen LogP contribution < -0.4 is 0 Å². The number of hydrogen-bond acceptors (Lipinski definition) is 2. The van der Waals surface area contributed by atoms with E-state index in [1.165, 1.54) is 17.7 Å². The number of allylic oxidation sites excluding steroid dienone is 3. The first-order valence-electron chi connectivity index (χ1n) is 6.09. The van der Waals surface area contributed by atoms with E-state index in [2.05, 4.69) is 26.8 Å². The van der Waals surface area contributed by atoms with Gasteiger partial charge in [0.25, 0.3) is 5.91 Å². The Balaban J connectivity index is 3.83. The molecule has 0 saturated heterocycles. The molecule has 98 valence electrons. The molecule has 0 fully saturated rings. The summed E-state index contributed by atoms with van der Waals surface area (Å²) in [5.41, 5.74) is 1.37. The predicted octanol–water partition coefficient (Wildman–Crippen LogP) is 3.34. The molecule has 0 radical (unpaired) electrons. The van der Waals surface area contributed by atoms with Gasteiger partial charge in [0, 0.05) is 13.1 Å². The molecule has 1 unspecified atom stereocenters. The zero-order valence-corrected chi connectivity index (χ0v) is 11.7. The predicted molar refractivity (Wildman–Crippen MR) is 71.4 cm³/mol. The summed E-state index contributed by atoms with van der Waals surface area (Å²) in [4.78, 5) is 16.1. The van der Waals surface area contributed by atoms with Crippen molar-refractivity contribution in [2.75, 3.05) is 14.2 Å². The second kappa shape index (κ2) is 8.99. The van der Waals surface area contributed by atoms with Gasteiger partial charge >= 0.3 is 0 Å². The zero-order valence-electron chi connectivity index (χ0n) is 11.7. The van der Waals surface area contributed by atoms with Crippen molar-refractivity contribution in [1.29, 1.82) is 0 Å². The second-order valence-corrected chi connectivity index (χ2v) is 4.62. The quantitative estimate of drug-likeness (QED) is 0.387.